The molecule has 0 amide bonds. The van der Waals surface area contributed by atoms with Crippen LogP contribution < -0.4 is 5.56 Å². The molecule has 0 unspecified atom stereocenters. The Morgan fingerprint density at radius 3 is 2.61 bits per heavy atom. The molecule has 0 atom stereocenters. The van der Waals surface area contributed by atoms with Gasteiger partial charge in [-0.2, -0.15) is 0 Å². The zero-order chi connectivity index (χ0) is 25.1. The van der Waals surface area contributed by atoms with Crippen LogP contribution in [0.1, 0.15) is 33.6 Å². The van der Waals surface area contributed by atoms with Crippen molar-refractivity contribution in [3.8, 4) is 0 Å². The highest BCUT2D eigenvalue weighted by molar-refractivity contribution is 5.83. The van der Waals surface area contributed by atoms with E-state index in [1.807, 2.05) is 37.4 Å². The first-order valence-electron chi connectivity index (χ1n) is 11.7. The van der Waals surface area contributed by atoms with E-state index in [0.717, 1.165) is 33.2 Å². The number of aromatic nitrogens is 6. The predicted octanol–water partition coefficient (Wildman–Crippen LogP) is 3.92. The minimum Gasteiger partial charge on any atom is -0.322 e. The van der Waals surface area contributed by atoms with Gasteiger partial charge in [0.2, 0.25) is 0 Å². The molecule has 0 aliphatic carbocycles. The normalized spacial score (nSPS) is 11.4. The Kier molecular flexibility index (Phi) is 6.64. The zero-order valence-electron chi connectivity index (χ0n) is 20.1. The maximum Gasteiger partial charge on any atom is 0.252 e. The summed E-state index contributed by atoms with van der Waals surface area (Å²) >= 11 is 0. The summed E-state index contributed by atoms with van der Waals surface area (Å²) in [5.41, 5.74) is 5.51. The molecule has 0 aliphatic heterocycles. The van der Waals surface area contributed by atoms with Crippen LogP contribution in [-0.2, 0) is 26.2 Å². The first-order valence-corrected chi connectivity index (χ1v) is 11.7. The van der Waals surface area contributed by atoms with Gasteiger partial charge in [-0.3, -0.25) is 14.7 Å². The Morgan fingerprint density at radius 1 is 1.00 bits per heavy atom. The fourth-order valence-electron chi connectivity index (χ4n) is 4.41. The van der Waals surface area contributed by atoms with Gasteiger partial charge in [-0.25, -0.2) is 9.07 Å². The number of hydrogen-bond acceptors (Lipinski definition) is 6. The van der Waals surface area contributed by atoms with E-state index >= 15 is 0 Å². The average Bonchev–Trinajstić information content (AvgIpc) is 3.28. The van der Waals surface area contributed by atoms with Gasteiger partial charge >= 0.3 is 0 Å². The summed E-state index contributed by atoms with van der Waals surface area (Å²) in [5.74, 6) is 0.358. The summed E-state index contributed by atoms with van der Waals surface area (Å²) in [5, 5.41) is 13.3. The second kappa shape index (κ2) is 10.2. The molecule has 3 aromatic heterocycles. The SMILES string of the molecule is Cc1cc(C)c2cc(CN(Cc3cccnc3)Cc3nnnn3Cc3ccc(F)cc3)c(=O)[nH]c2c1. The molecular formula is C27H26FN7O. The summed E-state index contributed by atoms with van der Waals surface area (Å²) in [4.78, 5) is 22.4. The number of tetrazole rings is 1. The first-order chi connectivity index (χ1) is 17.4. The van der Waals surface area contributed by atoms with Crippen LogP contribution in [0.5, 0.6) is 0 Å². The molecule has 0 saturated heterocycles. The van der Waals surface area contributed by atoms with Gasteiger partial charge < -0.3 is 4.98 Å². The summed E-state index contributed by atoms with van der Waals surface area (Å²) in [6, 6.07) is 16.2. The molecular weight excluding hydrogens is 457 g/mol. The maximum atomic E-state index is 13.3. The number of halogens is 1. The fraction of sp³-hybridized carbons (Fsp3) is 0.222. The number of nitrogens with zero attached hydrogens (tertiary/aromatic N) is 6. The van der Waals surface area contributed by atoms with Gasteiger partial charge in [-0.15, -0.1) is 5.10 Å². The van der Waals surface area contributed by atoms with Crippen molar-refractivity contribution in [1.82, 2.24) is 35.1 Å². The number of pyridine rings is 2. The van der Waals surface area contributed by atoms with Crippen molar-refractivity contribution < 1.29 is 4.39 Å². The highest BCUT2D eigenvalue weighted by Gasteiger charge is 2.16. The van der Waals surface area contributed by atoms with Gasteiger partial charge in [0.1, 0.15) is 5.82 Å². The Balaban J connectivity index is 1.45. The lowest BCUT2D eigenvalue weighted by Gasteiger charge is -2.22. The van der Waals surface area contributed by atoms with Crippen LogP contribution in [0.25, 0.3) is 10.9 Å². The van der Waals surface area contributed by atoms with Crippen molar-refractivity contribution in [2.24, 2.45) is 0 Å². The van der Waals surface area contributed by atoms with E-state index in [1.165, 1.54) is 12.1 Å². The van der Waals surface area contributed by atoms with Gasteiger partial charge in [0, 0.05) is 41.9 Å². The van der Waals surface area contributed by atoms with Gasteiger partial charge in [-0.05, 0) is 76.9 Å². The molecule has 0 fully saturated rings. The van der Waals surface area contributed by atoms with Crippen LogP contribution >= 0.6 is 0 Å². The quantitative estimate of drug-likeness (QED) is 0.360. The third kappa shape index (κ3) is 5.36. The number of nitrogens with one attached hydrogen (secondary N) is 1. The Morgan fingerprint density at radius 2 is 1.83 bits per heavy atom. The van der Waals surface area contributed by atoms with Gasteiger partial charge in [0.25, 0.3) is 5.56 Å². The topological polar surface area (TPSA) is 92.6 Å². The molecule has 2 aromatic carbocycles. The van der Waals surface area contributed by atoms with Crippen molar-refractivity contribution >= 4 is 10.9 Å². The third-order valence-electron chi connectivity index (χ3n) is 6.13. The van der Waals surface area contributed by atoms with E-state index in [4.69, 9.17) is 0 Å². The lowest BCUT2D eigenvalue weighted by Crippen LogP contribution is -2.28. The van der Waals surface area contributed by atoms with E-state index in [9.17, 15) is 9.18 Å². The van der Waals surface area contributed by atoms with Crippen molar-refractivity contribution in [2.75, 3.05) is 0 Å². The molecule has 36 heavy (non-hydrogen) atoms. The Hall–Kier alpha value is -4.24. The van der Waals surface area contributed by atoms with E-state index in [2.05, 4.69) is 43.4 Å². The van der Waals surface area contributed by atoms with Crippen LogP contribution in [0.4, 0.5) is 4.39 Å². The standard InChI is InChI=1S/C27H26FN7O/c1-18-10-19(2)24-12-22(27(36)30-25(24)11-18)16-34(14-21-4-3-9-29-13-21)17-26-31-32-33-35(26)15-20-5-7-23(28)8-6-20/h3-13H,14-17H2,1-2H3,(H,30,36). The summed E-state index contributed by atoms with van der Waals surface area (Å²) < 4.78 is 15.0. The number of fused-ring (bicyclic) bond motifs is 1. The molecule has 5 aromatic rings. The average molecular weight is 484 g/mol. The van der Waals surface area contributed by atoms with E-state index in [-0.39, 0.29) is 11.4 Å². The number of rotatable bonds is 8. The van der Waals surface area contributed by atoms with E-state index in [0.29, 0.717) is 37.6 Å². The molecule has 0 saturated carbocycles. The van der Waals surface area contributed by atoms with Crippen molar-refractivity contribution in [3.05, 3.63) is 117 Å². The van der Waals surface area contributed by atoms with Gasteiger partial charge in [-0.1, -0.05) is 24.3 Å². The summed E-state index contributed by atoms with van der Waals surface area (Å²) in [7, 11) is 0. The van der Waals surface area contributed by atoms with Crippen molar-refractivity contribution in [3.63, 3.8) is 0 Å². The van der Waals surface area contributed by atoms with E-state index in [1.54, 1.807) is 23.0 Å². The highest BCUT2D eigenvalue weighted by atomic mass is 19.1. The number of benzene rings is 2. The molecule has 1 N–H and O–H groups in total. The van der Waals surface area contributed by atoms with Crippen LogP contribution in [-0.4, -0.2) is 35.1 Å². The van der Waals surface area contributed by atoms with Crippen molar-refractivity contribution in [1.29, 1.82) is 0 Å². The van der Waals surface area contributed by atoms with Crippen LogP contribution in [0.15, 0.2) is 71.8 Å². The highest BCUT2D eigenvalue weighted by Crippen LogP contribution is 2.20. The maximum absolute atomic E-state index is 13.3. The minimum absolute atomic E-state index is 0.116. The molecule has 9 heteroatoms. The second-order valence-corrected chi connectivity index (χ2v) is 9.05. The molecule has 3 heterocycles. The van der Waals surface area contributed by atoms with Gasteiger partial charge in [0.05, 0.1) is 13.1 Å². The van der Waals surface area contributed by atoms with E-state index < -0.39 is 0 Å². The number of aromatic amines is 1. The molecule has 182 valence electrons. The number of aryl methyl sites for hydroxylation is 2. The summed E-state index contributed by atoms with van der Waals surface area (Å²) in [6.45, 7) is 5.85. The Labute approximate surface area is 207 Å². The monoisotopic (exact) mass is 483 g/mol. The van der Waals surface area contributed by atoms with Crippen LogP contribution in [0.3, 0.4) is 0 Å². The second-order valence-electron chi connectivity index (χ2n) is 9.05. The summed E-state index contributed by atoms with van der Waals surface area (Å²) in [6.07, 6.45) is 3.54. The molecule has 8 nitrogen and oxygen atoms in total. The smallest absolute Gasteiger partial charge is 0.252 e. The molecule has 0 radical (unpaired) electrons. The fourth-order valence-corrected chi connectivity index (χ4v) is 4.41. The zero-order valence-corrected chi connectivity index (χ0v) is 20.1. The number of H-pyrrole nitrogens is 1. The largest absolute Gasteiger partial charge is 0.322 e. The predicted molar refractivity (Wildman–Crippen MR) is 135 cm³/mol. The minimum atomic E-state index is -0.288. The van der Waals surface area contributed by atoms with Gasteiger partial charge in [0.15, 0.2) is 5.82 Å². The molecule has 0 bridgehead atoms. The first kappa shape index (κ1) is 23.5. The molecule has 0 spiro atoms. The van der Waals surface area contributed by atoms with Crippen LogP contribution in [0, 0.1) is 19.7 Å². The number of hydrogen-bond donors (Lipinski definition) is 1. The third-order valence-corrected chi connectivity index (χ3v) is 6.13. The molecule has 5 rings (SSSR count). The lowest BCUT2D eigenvalue weighted by molar-refractivity contribution is 0.235. The van der Waals surface area contributed by atoms with Crippen LogP contribution in [0.2, 0.25) is 0 Å². The lowest BCUT2D eigenvalue weighted by atomic mass is 10.0. The van der Waals surface area contributed by atoms with Crippen molar-refractivity contribution in [2.45, 2.75) is 40.0 Å². The molecule has 0 aliphatic rings. The Bertz CT molecular complexity index is 1540.